The van der Waals surface area contributed by atoms with Gasteiger partial charge < -0.3 is 0 Å². The molecule has 0 fully saturated rings. The fourth-order valence-corrected chi connectivity index (χ4v) is 15.4. The highest BCUT2D eigenvalue weighted by Gasteiger charge is 2.21. The Morgan fingerprint density at radius 1 is 0.118 bits per heavy atom. The summed E-state index contributed by atoms with van der Waals surface area (Å²) in [6.07, 6.45) is 0. The first kappa shape index (κ1) is 66.0. The zero-order valence-electron chi connectivity index (χ0n) is 59.9. The fourth-order valence-electron chi connectivity index (χ4n) is 15.4. The molecular formula is C104H68N6. The number of fused-ring (bicyclic) bond motifs is 8. The molecule has 6 heteroatoms. The standard InChI is InChI=1S/C55H35N3.C49H33N3/c1-3-14-36(15-4-1)37-26-28-40(29-27-37)54-56-53(39-17-5-2-6-18-39)57-55(58-54)43-20-13-19-42(34-43)52-44-21-8-7-16-38(44)30-32-45(52)41-31-33-50-48-24-10-9-22-46(48)47-23-11-12-25-49(47)51(50)35-41;1-4-13-34(14-5-1)36-23-27-39(28-24-36)45-32-31-38-17-10-11-22-44(38)46(45)42-20-12-21-43(33-42)49-51-47(40-18-8-3-9-19-40)50-48(52-49)41-29-25-37(26-30-41)35-15-6-2-7-16-35/h1-35H;1-33H. The molecule has 20 rings (SSSR count). The third-order valence-electron chi connectivity index (χ3n) is 20.9. The van der Waals surface area contributed by atoms with Crippen molar-refractivity contribution in [3.8, 4) is 146 Å². The SMILES string of the molecule is c1ccc(-c2ccc(-c3nc(-c4ccccc4)nc(-c4cccc(-c5c(-c6ccc(-c7ccccc7)cc6)ccc6ccccc56)c4)n3)cc2)cc1.c1ccc(-c2ccc(-c3nc(-c4ccccc4)nc(-c4cccc(-c5c(-c6ccc7c8ccccc8c8ccccc8c7c6)ccc6ccccc56)c4)n3)cc2)cc1. The van der Waals surface area contributed by atoms with Gasteiger partial charge in [-0.3, -0.25) is 0 Å². The lowest BCUT2D eigenvalue weighted by Crippen LogP contribution is -2.00. The number of nitrogens with zero attached hydrogens (tertiary/aromatic N) is 6. The molecule has 0 atom stereocenters. The van der Waals surface area contributed by atoms with Crippen LogP contribution in [0.1, 0.15) is 0 Å². The zero-order chi connectivity index (χ0) is 73.1. The van der Waals surface area contributed by atoms with Crippen molar-refractivity contribution in [3.63, 3.8) is 0 Å². The molecule has 0 bridgehead atoms. The molecule has 110 heavy (non-hydrogen) atoms. The van der Waals surface area contributed by atoms with E-state index in [0.29, 0.717) is 34.9 Å². The van der Waals surface area contributed by atoms with Gasteiger partial charge in [0, 0.05) is 33.4 Å². The minimum absolute atomic E-state index is 0.628. The smallest absolute Gasteiger partial charge is 0.164 e. The molecule has 0 saturated heterocycles. The average molecular weight is 1400 g/mol. The van der Waals surface area contributed by atoms with Crippen molar-refractivity contribution in [2.75, 3.05) is 0 Å². The number of rotatable bonds is 13. The van der Waals surface area contributed by atoms with E-state index in [2.05, 4.69) is 352 Å². The largest absolute Gasteiger partial charge is 0.208 e. The minimum atomic E-state index is 0.628. The lowest BCUT2D eigenvalue weighted by molar-refractivity contribution is 1.07. The molecule has 6 nitrogen and oxygen atoms in total. The Morgan fingerprint density at radius 3 is 0.727 bits per heavy atom. The van der Waals surface area contributed by atoms with Crippen LogP contribution in [0.4, 0.5) is 0 Å². The molecule has 20 aromatic rings. The maximum absolute atomic E-state index is 5.15. The molecule has 0 aliphatic heterocycles. The summed E-state index contributed by atoms with van der Waals surface area (Å²) in [5, 5.41) is 12.4. The summed E-state index contributed by atoms with van der Waals surface area (Å²) < 4.78 is 0. The predicted molar refractivity (Wildman–Crippen MR) is 458 cm³/mol. The van der Waals surface area contributed by atoms with Crippen LogP contribution in [-0.4, -0.2) is 29.9 Å². The fraction of sp³-hybridized carbons (Fsp3) is 0. The van der Waals surface area contributed by atoms with Crippen molar-refractivity contribution < 1.29 is 0 Å². The van der Waals surface area contributed by atoms with Crippen LogP contribution in [0.15, 0.2) is 413 Å². The van der Waals surface area contributed by atoms with E-state index in [1.54, 1.807) is 0 Å². The third kappa shape index (κ3) is 13.1. The van der Waals surface area contributed by atoms with Crippen LogP contribution in [0, 0.1) is 0 Å². The molecule has 0 saturated carbocycles. The van der Waals surface area contributed by atoms with Crippen LogP contribution >= 0.6 is 0 Å². The van der Waals surface area contributed by atoms with Crippen LogP contribution < -0.4 is 0 Å². The van der Waals surface area contributed by atoms with Gasteiger partial charge in [-0.15, -0.1) is 0 Å². The summed E-state index contributed by atoms with van der Waals surface area (Å²) in [7, 11) is 0. The number of aromatic nitrogens is 6. The van der Waals surface area contributed by atoms with Crippen LogP contribution in [-0.2, 0) is 0 Å². The highest BCUT2D eigenvalue weighted by atomic mass is 15.0. The molecule has 0 aliphatic carbocycles. The summed E-state index contributed by atoms with van der Waals surface area (Å²) in [5.74, 6) is 3.81. The first-order chi connectivity index (χ1) is 54.5. The number of benzene rings is 18. The van der Waals surface area contributed by atoms with Crippen LogP contribution in [0.5, 0.6) is 0 Å². The van der Waals surface area contributed by atoms with Crippen LogP contribution in [0.3, 0.4) is 0 Å². The molecule has 0 aliphatic rings. The molecule has 0 unspecified atom stereocenters. The Balaban J connectivity index is 0.000000150. The first-order valence-corrected chi connectivity index (χ1v) is 37.2. The van der Waals surface area contributed by atoms with Gasteiger partial charge >= 0.3 is 0 Å². The van der Waals surface area contributed by atoms with E-state index in [-0.39, 0.29) is 0 Å². The Kier molecular flexibility index (Phi) is 17.6. The van der Waals surface area contributed by atoms with E-state index in [4.69, 9.17) is 29.9 Å². The van der Waals surface area contributed by atoms with Gasteiger partial charge in [-0.2, -0.15) is 0 Å². The van der Waals surface area contributed by atoms with E-state index >= 15 is 0 Å². The summed E-state index contributed by atoms with van der Waals surface area (Å²) in [6, 6.07) is 145. The van der Waals surface area contributed by atoms with Crippen LogP contribution in [0.2, 0.25) is 0 Å². The third-order valence-corrected chi connectivity index (χ3v) is 20.9. The van der Waals surface area contributed by atoms with Gasteiger partial charge in [-0.1, -0.05) is 394 Å². The second-order valence-electron chi connectivity index (χ2n) is 27.6. The summed E-state index contributed by atoms with van der Waals surface area (Å²) >= 11 is 0. The van der Waals surface area contributed by atoms with Crippen molar-refractivity contribution in [1.82, 2.24) is 29.9 Å². The Hall–Kier alpha value is -14.7. The maximum Gasteiger partial charge on any atom is 0.164 e. The lowest BCUT2D eigenvalue weighted by atomic mass is 9.87. The monoisotopic (exact) mass is 1400 g/mol. The molecule has 0 radical (unpaired) electrons. The zero-order valence-corrected chi connectivity index (χ0v) is 59.9. The second kappa shape index (κ2) is 29.3. The minimum Gasteiger partial charge on any atom is -0.208 e. The Labute approximate surface area is 638 Å². The Morgan fingerprint density at radius 2 is 0.355 bits per heavy atom. The van der Waals surface area contributed by atoms with Crippen molar-refractivity contribution in [1.29, 1.82) is 0 Å². The molecule has 514 valence electrons. The van der Waals surface area contributed by atoms with Gasteiger partial charge in [-0.25, -0.2) is 29.9 Å². The van der Waals surface area contributed by atoms with E-state index in [1.807, 2.05) is 60.7 Å². The Bertz CT molecular complexity index is 6740. The summed E-state index contributed by atoms with van der Waals surface area (Å²) in [6.45, 7) is 0. The predicted octanol–water partition coefficient (Wildman–Crippen LogP) is 27.2. The van der Waals surface area contributed by atoms with E-state index in [1.165, 1.54) is 109 Å². The normalized spacial score (nSPS) is 11.3. The molecule has 2 heterocycles. The van der Waals surface area contributed by atoms with E-state index < -0.39 is 0 Å². The first-order valence-electron chi connectivity index (χ1n) is 37.2. The molecule has 0 N–H and O–H groups in total. The molecule has 2 aromatic heterocycles. The summed E-state index contributed by atoms with van der Waals surface area (Å²) in [4.78, 5) is 30.4. The van der Waals surface area contributed by atoms with Crippen LogP contribution in [0.25, 0.3) is 200 Å². The average Bonchev–Trinajstić information content (AvgIpc) is 0.741. The van der Waals surface area contributed by atoms with Crippen molar-refractivity contribution in [2.24, 2.45) is 0 Å². The highest BCUT2D eigenvalue weighted by molar-refractivity contribution is 6.26. The molecular weight excluding hydrogens is 1330 g/mol. The second-order valence-corrected chi connectivity index (χ2v) is 27.6. The topological polar surface area (TPSA) is 77.3 Å². The molecule has 0 amide bonds. The quantitative estimate of drug-likeness (QED) is 0.107. The highest BCUT2D eigenvalue weighted by Crippen LogP contribution is 2.45. The van der Waals surface area contributed by atoms with E-state index in [0.717, 1.165) is 55.6 Å². The molecule has 18 aromatic carbocycles. The number of hydrogen-bond donors (Lipinski definition) is 0. The van der Waals surface area contributed by atoms with E-state index in [9.17, 15) is 0 Å². The van der Waals surface area contributed by atoms with Crippen molar-refractivity contribution in [3.05, 3.63) is 413 Å². The van der Waals surface area contributed by atoms with Gasteiger partial charge in [0.15, 0.2) is 34.9 Å². The van der Waals surface area contributed by atoms with Gasteiger partial charge in [0.05, 0.1) is 0 Å². The summed E-state index contributed by atoms with van der Waals surface area (Å²) in [5.41, 5.74) is 21.9. The number of hydrogen-bond acceptors (Lipinski definition) is 6. The maximum atomic E-state index is 5.15. The van der Waals surface area contributed by atoms with Crippen molar-refractivity contribution >= 4 is 53.9 Å². The van der Waals surface area contributed by atoms with Gasteiger partial charge in [-0.05, 0) is 150 Å². The lowest BCUT2D eigenvalue weighted by Gasteiger charge is -2.17. The van der Waals surface area contributed by atoms with Gasteiger partial charge in [0.2, 0.25) is 0 Å². The van der Waals surface area contributed by atoms with Crippen molar-refractivity contribution in [2.45, 2.75) is 0 Å². The van der Waals surface area contributed by atoms with Gasteiger partial charge in [0.25, 0.3) is 0 Å². The molecule has 0 spiro atoms. The van der Waals surface area contributed by atoms with Gasteiger partial charge in [0.1, 0.15) is 0 Å².